The lowest BCUT2D eigenvalue weighted by Gasteiger charge is -2.10. The minimum absolute atomic E-state index is 0.192. The Kier molecular flexibility index (Phi) is 5.84. The average Bonchev–Trinajstić information content (AvgIpc) is 2.74. The number of rotatable bonds is 6. The number of carbonyl (C=O) groups is 1. The number of aliphatic imine (C=N–C) groups is 1. The zero-order chi connectivity index (χ0) is 19.1. The van der Waals surface area contributed by atoms with Gasteiger partial charge in [0.2, 0.25) is 5.78 Å². The van der Waals surface area contributed by atoms with Gasteiger partial charge in [-0.1, -0.05) is 30.3 Å². The summed E-state index contributed by atoms with van der Waals surface area (Å²) in [6.07, 6.45) is 0. The van der Waals surface area contributed by atoms with Gasteiger partial charge >= 0.3 is 0 Å². The Bertz CT molecular complexity index is 918. The molecule has 0 amide bonds. The van der Waals surface area contributed by atoms with Crippen LogP contribution in [-0.4, -0.2) is 25.8 Å². The number of methoxy groups -OCH3 is 2. The summed E-state index contributed by atoms with van der Waals surface area (Å²) in [6, 6.07) is 23.6. The highest BCUT2D eigenvalue weighted by Gasteiger charge is 2.14. The fraction of sp³-hybridized carbons (Fsp3) is 0.0909. The molecule has 0 atom stereocenters. The molecule has 0 bridgehead atoms. The number of hydrogen-bond acceptors (Lipinski definition) is 4. The highest BCUT2D eigenvalue weighted by atomic mass is 16.5. The van der Waals surface area contributed by atoms with Crippen molar-refractivity contribution < 1.29 is 14.3 Å². The highest BCUT2D eigenvalue weighted by Crippen LogP contribution is 2.20. The van der Waals surface area contributed by atoms with Gasteiger partial charge in [-0.15, -0.1) is 0 Å². The Morgan fingerprint density at radius 1 is 0.778 bits per heavy atom. The first-order valence-electron chi connectivity index (χ1n) is 8.43. The van der Waals surface area contributed by atoms with Crippen LogP contribution in [0.25, 0.3) is 0 Å². The number of carbonyl (C=O) groups excluding carboxylic acids is 1. The first kappa shape index (κ1) is 18.2. The maximum absolute atomic E-state index is 13.0. The van der Waals surface area contributed by atoms with Gasteiger partial charge < -0.3 is 14.8 Å². The molecule has 0 unspecified atom stereocenters. The molecule has 136 valence electrons. The molecule has 0 radical (unpaired) electrons. The number of nitrogens with zero attached hydrogens (tertiary/aromatic N) is 1. The molecule has 0 heterocycles. The quantitative estimate of drug-likeness (QED) is 0.392. The van der Waals surface area contributed by atoms with Gasteiger partial charge in [0, 0.05) is 11.3 Å². The molecule has 0 aliphatic rings. The van der Waals surface area contributed by atoms with Gasteiger partial charge in [-0.2, -0.15) is 0 Å². The predicted molar refractivity (Wildman–Crippen MR) is 107 cm³/mol. The predicted octanol–water partition coefficient (Wildman–Crippen LogP) is 4.73. The first-order valence-corrected chi connectivity index (χ1v) is 8.43. The Morgan fingerprint density at radius 3 is 1.89 bits per heavy atom. The SMILES string of the molecule is COc1ccc(N=C(Nc2ccc(OC)cc2)C(=O)c2ccccc2)cc1. The van der Waals surface area contributed by atoms with Crippen molar-refractivity contribution in [2.45, 2.75) is 0 Å². The molecule has 5 heteroatoms. The molecular weight excluding hydrogens is 340 g/mol. The zero-order valence-electron chi connectivity index (χ0n) is 15.2. The van der Waals surface area contributed by atoms with E-state index in [2.05, 4.69) is 10.3 Å². The topological polar surface area (TPSA) is 59.9 Å². The van der Waals surface area contributed by atoms with Crippen LogP contribution in [0.15, 0.2) is 83.9 Å². The van der Waals surface area contributed by atoms with E-state index >= 15 is 0 Å². The molecule has 5 nitrogen and oxygen atoms in total. The fourth-order valence-electron chi connectivity index (χ4n) is 2.46. The molecule has 0 spiro atoms. The summed E-state index contributed by atoms with van der Waals surface area (Å²) in [5, 5.41) is 3.12. The third-order valence-electron chi connectivity index (χ3n) is 3.92. The van der Waals surface area contributed by atoms with E-state index in [4.69, 9.17) is 9.47 Å². The van der Waals surface area contributed by atoms with E-state index in [0.29, 0.717) is 11.3 Å². The van der Waals surface area contributed by atoms with Crippen molar-refractivity contribution in [3.05, 3.63) is 84.4 Å². The van der Waals surface area contributed by atoms with Crippen LogP contribution in [0.2, 0.25) is 0 Å². The van der Waals surface area contributed by atoms with Gasteiger partial charge in [0.1, 0.15) is 11.5 Å². The second kappa shape index (κ2) is 8.67. The Labute approximate surface area is 158 Å². The third-order valence-corrected chi connectivity index (χ3v) is 3.92. The van der Waals surface area contributed by atoms with Crippen LogP contribution < -0.4 is 14.8 Å². The minimum Gasteiger partial charge on any atom is -0.497 e. The number of anilines is 1. The van der Waals surface area contributed by atoms with Gasteiger partial charge in [-0.05, 0) is 48.5 Å². The molecule has 3 aromatic rings. The van der Waals surface area contributed by atoms with Crippen LogP contribution in [0.4, 0.5) is 11.4 Å². The Morgan fingerprint density at radius 2 is 1.33 bits per heavy atom. The van der Waals surface area contributed by atoms with Crippen molar-refractivity contribution in [2.75, 3.05) is 19.5 Å². The van der Waals surface area contributed by atoms with Crippen molar-refractivity contribution in [1.82, 2.24) is 0 Å². The number of hydrogen-bond donors (Lipinski definition) is 1. The van der Waals surface area contributed by atoms with Crippen molar-refractivity contribution in [3.63, 3.8) is 0 Å². The summed E-state index contributed by atoms with van der Waals surface area (Å²) >= 11 is 0. The van der Waals surface area contributed by atoms with Crippen LogP contribution in [0.1, 0.15) is 10.4 Å². The smallest absolute Gasteiger partial charge is 0.228 e. The van der Waals surface area contributed by atoms with E-state index in [9.17, 15) is 4.79 Å². The fourth-order valence-corrected chi connectivity index (χ4v) is 2.46. The summed E-state index contributed by atoms with van der Waals surface area (Å²) in [7, 11) is 3.21. The molecule has 1 N–H and O–H groups in total. The first-order chi connectivity index (χ1) is 13.2. The number of Topliss-reactive ketones (excluding diaryl/α,β-unsaturated/α-hetero) is 1. The van der Waals surface area contributed by atoms with E-state index in [1.807, 2.05) is 42.5 Å². The van der Waals surface area contributed by atoms with Crippen LogP contribution >= 0.6 is 0 Å². The van der Waals surface area contributed by atoms with Crippen molar-refractivity contribution in [2.24, 2.45) is 4.99 Å². The maximum atomic E-state index is 13.0. The van der Waals surface area contributed by atoms with Gasteiger partial charge in [0.15, 0.2) is 5.84 Å². The van der Waals surface area contributed by atoms with Gasteiger partial charge in [0.25, 0.3) is 0 Å². The molecule has 0 aliphatic carbocycles. The van der Waals surface area contributed by atoms with E-state index < -0.39 is 0 Å². The molecule has 0 saturated carbocycles. The summed E-state index contributed by atoms with van der Waals surface area (Å²) in [5.41, 5.74) is 1.95. The van der Waals surface area contributed by atoms with Gasteiger partial charge in [-0.25, -0.2) is 4.99 Å². The number of ether oxygens (including phenoxy) is 2. The third kappa shape index (κ3) is 4.73. The molecule has 3 aromatic carbocycles. The number of amidine groups is 1. The lowest BCUT2D eigenvalue weighted by Crippen LogP contribution is -2.23. The van der Waals surface area contributed by atoms with Crippen molar-refractivity contribution in [1.29, 1.82) is 0 Å². The lowest BCUT2D eigenvalue weighted by molar-refractivity contribution is 0.106. The van der Waals surface area contributed by atoms with Crippen molar-refractivity contribution in [3.8, 4) is 11.5 Å². The molecule has 0 aliphatic heterocycles. The summed E-state index contributed by atoms with van der Waals surface area (Å²) in [4.78, 5) is 17.5. The van der Waals surface area contributed by atoms with Crippen LogP contribution in [0, 0.1) is 0 Å². The van der Waals surface area contributed by atoms with E-state index in [-0.39, 0.29) is 11.6 Å². The summed E-state index contributed by atoms with van der Waals surface area (Å²) < 4.78 is 10.3. The number of benzene rings is 3. The molecule has 27 heavy (non-hydrogen) atoms. The van der Waals surface area contributed by atoms with E-state index in [1.165, 1.54) is 0 Å². The highest BCUT2D eigenvalue weighted by molar-refractivity contribution is 6.49. The average molecular weight is 360 g/mol. The standard InChI is InChI=1S/C22H20N2O3/c1-26-19-12-8-17(9-13-19)23-22(21(25)16-6-4-3-5-7-16)24-18-10-14-20(27-2)15-11-18/h3-15H,1-2H3,(H,23,24). The second-order valence-electron chi connectivity index (χ2n) is 5.71. The second-order valence-corrected chi connectivity index (χ2v) is 5.71. The Hall–Kier alpha value is -3.60. The van der Waals surface area contributed by atoms with E-state index in [1.54, 1.807) is 50.6 Å². The van der Waals surface area contributed by atoms with Crippen LogP contribution in [0.3, 0.4) is 0 Å². The number of ketones is 1. The normalized spacial score (nSPS) is 11.0. The number of nitrogens with one attached hydrogen (secondary N) is 1. The van der Waals surface area contributed by atoms with Gasteiger partial charge in [0.05, 0.1) is 19.9 Å². The van der Waals surface area contributed by atoms with Crippen LogP contribution in [-0.2, 0) is 0 Å². The molecule has 0 fully saturated rings. The largest absolute Gasteiger partial charge is 0.497 e. The summed E-state index contributed by atoms with van der Waals surface area (Å²) in [6.45, 7) is 0. The molecule has 0 saturated heterocycles. The molecule has 3 rings (SSSR count). The molecular formula is C22H20N2O3. The maximum Gasteiger partial charge on any atom is 0.228 e. The molecule has 0 aromatic heterocycles. The van der Waals surface area contributed by atoms with E-state index in [0.717, 1.165) is 17.2 Å². The Balaban J connectivity index is 1.94. The van der Waals surface area contributed by atoms with Crippen molar-refractivity contribution >= 4 is 23.0 Å². The monoisotopic (exact) mass is 360 g/mol. The summed E-state index contributed by atoms with van der Waals surface area (Å²) in [5.74, 6) is 1.51. The minimum atomic E-state index is -0.192. The van der Waals surface area contributed by atoms with Crippen LogP contribution in [0.5, 0.6) is 11.5 Å². The zero-order valence-corrected chi connectivity index (χ0v) is 15.2. The lowest BCUT2D eigenvalue weighted by atomic mass is 10.1. The van der Waals surface area contributed by atoms with Gasteiger partial charge in [-0.3, -0.25) is 4.79 Å².